The fourth-order valence-corrected chi connectivity index (χ4v) is 6.39. The highest BCUT2D eigenvalue weighted by Crippen LogP contribution is 2.33. The third-order valence-corrected chi connectivity index (χ3v) is 8.19. The molecule has 1 aliphatic rings. The van der Waals surface area contributed by atoms with Crippen LogP contribution in [0, 0.1) is 0 Å². The molecule has 0 atom stereocenters. The van der Waals surface area contributed by atoms with Gasteiger partial charge in [0, 0.05) is 20.2 Å². The van der Waals surface area contributed by atoms with Gasteiger partial charge >= 0.3 is 0 Å². The molecule has 0 bridgehead atoms. The van der Waals surface area contributed by atoms with Gasteiger partial charge in [-0.3, -0.25) is 9.78 Å². The molecule has 152 valence electrons. The summed E-state index contributed by atoms with van der Waals surface area (Å²) in [4.78, 5) is 17.0. The van der Waals surface area contributed by atoms with Crippen LogP contribution >= 0.6 is 0 Å². The molecule has 5 nitrogen and oxygen atoms in total. The van der Waals surface area contributed by atoms with Gasteiger partial charge in [0.25, 0.3) is 0 Å². The lowest BCUT2D eigenvalue weighted by Gasteiger charge is -2.21. The van der Waals surface area contributed by atoms with Crippen molar-refractivity contribution < 1.29 is 13.2 Å². The maximum atomic E-state index is 12.9. The van der Waals surface area contributed by atoms with E-state index in [-0.39, 0.29) is 11.0 Å². The second-order valence-electron chi connectivity index (χ2n) is 7.66. The van der Waals surface area contributed by atoms with Gasteiger partial charge in [0.2, 0.25) is 0 Å². The number of hydrogen-bond acceptors (Lipinski definition) is 4. The monoisotopic (exact) mass is 402 g/mol. The van der Waals surface area contributed by atoms with Gasteiger partial charge in [0.05, 0.1) is 27.2 Å². The molecule has 0 saturated heterocycles. The largest absolute Gasteiger partial charge is 0.340 e. The summed E-state index contributed by atoms with van der Waals surface area (Å²) >= 11 is 0. The molecule has 0 radical (unpaired) electrons. The normalized spacial score (nSPS) is 15.7. The first-order chi connectivity index (χ1) is 13.3. The minimum absolute atomic E-state index is 0.0387. The Balaban J connectivity index is 2.04. The van der Waals surface area contributed by atoms with Crippen molar-refractivity contribution in [3.63, 3.8) is 0 Å². The van der Waals surface area contributed by atoms with Crippen molar-refractivity contribution in [3.8, 4) is 11.4 Å². The summed E-state index contributed by atoms with van der Waals surface area (Å²) < 4.78 is 27.8. The summed E-state index contributed by atoms with van der Waals surface area (Å²) in [6.07, 6.45) is 7.62. The van der Waals surface area contributed by atoms with E-state index < -0.39 is 9.84 Å². The number of hydrogen-bond donors (Lipinski definition) is 0. The highest BCUT2D eigenvalue weighted by atomic mass is 32.2. The van der Waals surface area contributed by atoms with Gasteiger partial charge in [-0.2, -0.15) is 0 Å². The zero-order chi connectivity index (χ0) is 20.5. The van der Waals surface area contributed by atoms with Crippen LogP contribution in [0.3, 0.4) is 0 Å². The van der Waals surface area contributed by atoms with Crippen LogP contribution in [0.2, 0.25) is 0 Å². The standard InChI is InChI=1S/C22H30N2O3S/c1-5-18-19(6-2)22(24(4)21(18)15(3)25)20-13-12-17(14-23-20)28(26,27)16-10-8-7-9-11-16/h12-14,16H,5-11H2,1-4H3. The summed E-state index contributed by atoms with van der Waals surface area (Å²) in [6, 6.07) is 3.46. The lowest BCUT2D eigenvalue weighted by atomic mass is 10.0. The van der Waals surface area contributed by atoms with Gasteiger partial charge in [0.1, 0.15) is 0 Å². The highest BCUT2D eigenvalue weighted by molar-refractivity contribution is 7.92. The average molecular weight is 403 g/mol. The summed E-state index contributed by atoms with van der Waals surface area (Å²) in [5, 5.41) is -0.286. The second kappa shape index (κ2) is 8.19. The summed E-state index contributed by atoms with van der Waals surface area (Å²) in [7, 11) is -1.44. The summed E-state index contributed by atoms with van der Waals surface area (Å²) in [5.41, 5.74) is 4.52. The van der Waals surface area contributed by atoms with Crippen LogP contribution in [0.1, 0.15) is 74.5 Å². The van der Waals surface area contributed by atoms with E-state index in [1.807, 2.05) is 11.6 Å². The fourth-order valence-electron chi connectivity index (χ4n) is 4.60. The lowest BCUT2D eigenvalue weighted by Crippen LogP contribution is -2.24. The third-order valence-electron chi connectivity index (χ3n) is 5.95. The number of pyridine rings is 1. The Morgan fingerprint density at radius 2 is 1.75 bits per heavy atom. The molecule has 0 spiro atoms. The Morgan fingerprint density at radius 1 is 1.11 bits per heavy atom. The number of rotatable bonds is 6. The Morgan fingerprint density at radius 3 is 2.25 bits per heavy atom. The lowest BCUT2D eigenvalue weighted by molar-refractivity contribution is 0.100. The van der Waals surface area contributed by atoms with Crippen molar-refractivity contribution in [2.75, 3.05) is 0 Å². The smallest absolute Gasteiger partial charge is 0.182 e. The predicted octanol–water partition coefficient (Wildman–Crippen LogP) is 4.52. The van der Waals surface area contributed by atoms with Gasteiger partial charge in [0.15, 0.2) is 15.6 Å². The molecule has 1 fully saturated rings. The van der Waals surface area contributed by atoms with Crippen LogP contribution in [-0.4, -0.2) is 29.0 Å². The first kappa shape index (κ1) is 20.8. The maximum Gasteiger partial charge on any atom is 0.182 e. The number of carbonyl (C=O) groups is 1. The number of Topliss-reactive ketones (excluding diaryl/α,β-unsaturated/α-hetero) is 1. The van der Waals surface area contributed by atoms with Gasteiger partial charge in [-0.25, -0.2) is 8.42 Å². The first-order valence-electron chi connectivity index (χ1n) is 10.2. The van der Waals surface area contributed by atoms with Crippen molar-refractivity contribution in [1.29, 1.82) is 0 Å². The Bertz CT molecular complexity index is 966. The highest BCUT2D eigenvalue weighted by Gasteiger charge is 2.29. The second-order valence-corrected chi connectivity index (χ2v) is 9.89. The molecule has 3 rings (SSSR count). The minimum Gasteiger partial charge on any atom is -0.340 e. The molecule has 0 N–H and O–H groups in total. The molecule has 0 aliphatic heterocycles. The molecule has 28 heavy (non-hydrogen) atoms. The van der Waals surface area contributed by atoms with E-state index in [9.17, 15) is 13.2 Å². The van der Waals surface area contributed by atoms with Gasteiger partial charge in [-0.1, -0.05) is 33.1 Å². The van der Waals surface area contributed by atoms with Gasteiger partial charge in [-0.05, 0) is 48.9 Å². The molecule has 1 saturated carbocycles. The molecule has 0 unspecified atom stereocenters. The number of ketones is 1. The molecule has 0 aromatic carbocycles. The molecule has 2 aromatic heterocycles. The van der Waals surface area contributed by atoms with E-state index in [2.05, 4.69) is 18.8 Å². The molecule has 1 aliphatic carbocycles. The SMILES string of the molecule is CCc1c(CC)c(-c2ccc(S(=O)(=O)C3CCCCC3)cn2)n(C)c1C(C)=O. The Hall–Kier alpha value is -1.95. The number of aromatic nitrogens is 2. The van der Waals surface area contributed by atoms with Crippen molar-refractivity contribution in [2.45, 2.75) is 75.9 Å². The van der Waals surface area contributed by atoms with E-state index in [4.69, 9.17) is 0 Å². The average Bonchev–Trinajstić information content (AvgIpc) is 3.00. The zero-order valence-corrected chi connectivity index (χ0v) is 18.1. The Kier molecular flexibility index (Phi) is 6.08. The quantitative estimate of drug-likeness (QED) is 0.666. The van der Waals surface area contributed by atoms with Gasteiger partial charge in [-0.15, -0.1) is 0 Å². The molecule has 0 amide bonds. The van der Waals surface area contributed by atoms with Crippen molar-refractivity contribution in [2.24, 2.45) is 7.05 Å². The van der Waals surface area contributed by atoms with Crippen LogP contribution in [-0.2, 0) is 29.7 Å². The van der Waals surface area contributed by atoms with E-state index >= 15 is 0 Å². The van der Waals surface area contributed by atoms with Gasteiger partial charge < -0.3 is 4.57 Å². The van der Waals surface area contributed by atoms with E-state index in [1.165, 1.54) is 6.20 Å². The Labute approximate surface area is 168 Å². The number of nitrogens with zero attached hydrogens (tertiary/aromatic N) is 2. The fraction of sp³-hybridized carbons (Fsp3) is 0.545. The number of carbonyl (C=O) groups excluding carboxylic acids is 1. The van der Waals surface area contributed by atoms with Crippen LogP contribution in [0.4, 0.5) is 0 Å². The molecular weight excluding hydrogens is 372 g/mol. The molecule has 6 heteroatoms. The predicted molar refractivity (Wildman–Crippen MR) is 111 cm³/mol. The molecular formula is C22H30N2O3S. The molecule has 2 heterocycles. The summed E-state index contributed by atoms with van der Waals surface area (Å²) in [5.74, 6) is 0.0387. The zero-order valence-electron chi connectivity index (χ0n) is 17.3. The maximum absolute atomic E-state index is 12.9. The van der Waals surface area contributed by atoms with E-state index in [0.717, 1.165) is 67.5 Å². The van der Waals surface area contributed by atoms with Crippen LogP contribution in [0.5, 0.6) is 0 Å². The number of sulfone groups is 1. The third kappa shape index (κ3) is 3.54. The van der Waals surface area contributed by atoms with Crippen LogP contribution in [0.25, 0.3) is 11.4 Å². The van der Waals surface area contributed by atoms with E-state index in [0.29, 0.717) is 10.6 Å². The van der Waals surface area contributed by atoms with Crippen molar-refractivity contribution in [1.82, 2.24) is 9.55 Å². The first-order valence-corrected chi connectivity index (χ1v) is 11.8. The van der Waals surface area contributed by atoms with Crippen LogP contribution in [0.15, 0.2) is 23.2 Å². The summed E-state index contributed by atoms with van der Waals surface area (Å²) in [6.45, 7) is 5.72. The topological polar surface area (TPSA) is 69.0 Å². The minimum atomic E-state index is -3.33. The van der Waals surface area contributed by atoms with Crippen molar-refractivity contribution in [3.05, 3.63) is 35.2 Å². The molecule has 2 aromatic rings. The van der Waals surface area contributed by atoms with Crippen molar-refractivity contribution >= 4 is 15.6 Å². The van der Waals surface area contributed by atoms with Crippen LogP contribution < -0.4 is 0 Å². The van der Waals surface area contributed by atoms with E-state index in [1.54, 1.807) is 19.1 Å².